The monoisotopic (exact) mass is 313 g/mol. The summed E-state index contributed by atoms with van der Waals surface area (Å²) < 4.78 is 0. The van der Waals surface area contributed by atoms with E-state index in [9.17, 15) is 4.79 Å². The number of benzene rings is 1. The summed E-state index contributed by atoms with van der Waals surface area (Å²) in [4.78, 5) is 21.3. The Bertz CT molecular complexity index is 770. The van der Waals surface area contributed by atoms with Gasteiger partial charge in [-0.2, -0.15) is 0 Å². The van der Waals surface area contributed by atoms with Crippen LogP contribution in [0.5, 0.6) is 0 Å². The molecule has 2 aromatic rings. The molecule has 1 aliphatic rings. The van der Waals surface area contributed by atoms with Crippen LogP contribution in [0.15, 0.2) is 16.9 Å². The lowest BCUT2D eigenvalue weighted by Crippen LogP contribution is -2.46. The molecule has 0 atom stereocenters. The number of aromatic nitrogens is 1. The summed E-state index contributed by atoms with van der Waals surface area (Å²) >= 11 is 0. The molecule has 1 fully saturated rings. The van der Waals surface area contributed by atoms with E-state index in [1.165, 1.54) is 5.56 Å². The van der Waals surface area contributed by atoms with Crippen LogP contribution in [0, 0.1) is 20.8 Å². The normalized spacial score (nSPS) is 17.0. The van der Waals surface area contributed by atoms with Crippen LogP contribution < -0.4 is 5.43 Å². The zero-order chi connectivity index (χ0) is 16.6. The van der Waals surface area contributed by atoms with E-state index in [1.807, 2.05) is 13.8 Å². The van der Waals surface area contributed by atoms with E-state index in [1.54, 1.807) is 0 Å². The SMILES string of the molecule is CCN1CCN(Cc2c(C)[nH]c3cc(C)cc(C)c3c2=O)CC1. The molecular formula is C19H27N3O. The van der Waals surface area contributed by atoms with Crippen molar-refractivity contribution < 1.29 is 0 Å². The van der Waals surface area contributed by atoms with Crippen molar-refractivity contribution in [2.75, 3.05) is 32.7 Å². The minimum atomic E-state index is 0.201. The van der Waals surface area contributed by atoms with Crippen molar-refractivity contribution in [1.82, 2.24) is 14.8 Å². The lowest BCUT2D eigenvalue weighted by Gasteiger charge is -2.34. The fourth-order valence-electron chi connectivity index (χ4n) is 3.64. The summed E-state index contributed by atoms with van der Waals surface area (Å²) in [5, 5.41) is 0.850. The second kappa shape index (κ2) is 6.46. The molecule has 4 heteroatoms. The molecule has 0 bridgehead atoms. The number of piperazine rings is 1. The van der Waals surface area contributed by atoms with E-state index in [2.05, 4.69) is 40.8 Å². The number of pyridine rings is 1. The Labute approximate surface area is 138 Å². The van der Waals surface area contributed by atoms with E-state index in [-0.39, 0.29) is 5.43 Å². The highest BCUT2D eigenvalue weighted by molar-refractivity contribution is 5.83. The van der Waals surface area contributed by atoms with Crippen LogP contribution in [-0.4, -0.2) is 47.5 Å². The Morgan fingerprint density at radius 2 is 1.70 bits per heavy atom. The van der Waals surface area contributed by atoms with Crippen LogP contribution in [0.2, 0.25) is 0 Å². The molecule has 0 spiro atoms. The third-order valence-electron chi connectivity index (χ3n) is 5.05. The van der Waals surface area contributed by atoms with Crippen molar-refractivity contribution >= 4 is 10.9 Å². The van der Waals surface area contributed by atoms with Gasteiger partial charge in [-0.3, -0.25) is 9.69 Å². The first-order chi connectivity index (χ1) is 11.0. The maximum atomic E-state index is 13.0. The molecule has 1 aromatic carbocycles. The third-order valence-corrected chi connectivity index (χ3v) is 5.05. The minimum Gasteiger partial charge on any atom is -0.358 e. The van der Waals surface area contributed by atoms with Gasteiger partial charge in [0.2, 0.25) is 0 Å². The molecule has 3 rings (SSSR count). The average molecular weight is 313 g/mol. The Morgan fingerprint density at radius 1 is 1.04 bits per heavy atom. The molecule has 0 saturated carbocycles. The van der Waals surface area contributed by atoms with Crippen molar-refractivity contribution in [2.45, 2.75) is 34.2 Å². The number of fused-ring (bicyclic) bond motifs is 1. The van der Waals surface area contributed by atoms with Crippen molar-refractivity contribution in [3.8, 4) is 0 Å². The number of aryl methyl sites for hydroxylation is 3. The van der Waals surface area contributed by atoms with Gasteiger partial charge in [-0.15, -0.1) is 0 Å². The number of likely N-dealkylation sites (N-methyl/N-ethyl adjacent to an activating group) is 1. The van der Waals surface area contributed by atoms with Gasteiger partial charge in [-0.25, -0.2) is 0 Å². The summed E-state index contributed by atoms with van der Waals surface area (Å²) in [6.07, 6.45) is 0. The fourth-order valence-corrected chi connectivity index (χ4v) is 3.64. The zero-order valence-electron chi connectivity index (χ0n) is 14.7. The predicted octanol–water partition coefficient (Wildman–Crippen LogP) is 2.59. The Morgan fingerprint density at radius 3 is 2.35 bits per heavy atom. The molecule has 2 heterocycles. The number of hydrogen-bond donors (Lipinski definition) is 1. The summed E-state index contributed by atoms with van der Waals surface area (Å²) in [6, 6.07) is 4.16. The molecule has 0 amide bonds. The van der Waals surface area contributed by atoms with Gasteiger partial charge in [-0.05, 0) is 44.5 Å². The maximum Gasteiger partial charge on any atom is 0.194 e. The first kappa shape index (κ1) is 16.2. The fraction of sp³-hybridized carbons (Fsp3) is 0.526. The van der Waals surface area contributed by atoms with Gasteiger partial charge >= 0.3 is 0 Å². The highest BCUT2D eigenvalue weighted by Gasteiger charge is 2.19. The molecule has 1 N–H and O–H groups in total. The van der Waals surface area contributed by atoms with Gasteiger partial charge in [0.25, 0.3) is 0 Å². The first-order valence-corrected chi connectivity index (χ1v) is 8.57. The lowest BCUT2D eigenvalue weighted by molar-refractivity contribution is 0.131. The van der Waals surface area contributed by atoms with E-state index in [0.29, 0.717) is 0 Å². The van der Waals surface area contributed by atoms with Crippen LogP contribution in [-0.2, 0) is 6.54 Å². The van der Waals surface area contributed by atoms with Gasteiger partial charge in [-0.1, -0.05) is 13.0 Å². The van der Waals surface area contributed by atoms with Crippen molar-refractivity contribution in [2.24, 2.45) is 0 Å². The summed E-state index contributed by atoms with van der Waals surface area (Å²) in [5.41, 5.74) is 5.35. The van der Waals surface area contributed by atoms with Crippen LogP contribution >= 0.6 is 0 Å². The molecule has 0 aliphatic carbocycles. The molecule has 1 aliphatic heterocycles. The molecule has 0 unspecified atom stereocenters. The van der Waals surface area contributed by atoms with Crippen LogP contribution in [0.1, 0.15) is 29.3 Å². The second-order valence-corrected chi connectivity index (χ2v) is 6.77. The highest BCUT2D eigenvalue weighted by Crippen LogP contribution is 2.19. The first-order valence-electron chi connectivity index (χ1n) is 8.57. The number of nitrogens with zero attached hydrogens (tertiary/aromatic N) is 2. The summed E-state index contributed by atoms with van der Waals surface area (Å²) in [7, 11) is 0. The van der Waals surface area contributed by atoms with Gasteiger partial charge < -0.3 is 9.88 Å². The number of aromatic amines is 1. The van der Waals surface area contributed by atoms with Crippen LogP contribution in [0.3, 0.4) is 0 Å². The van der Waals surface area contributed by atoms with Crippen LogP contribution in [0.4, 0.5) is 0 Å². The van der Waals surface area contributed by atoms with Gasteiger partial charge in [0.1, 0.15) is 0 Å². The molecule has 1 saturated heterocycles. The van der Waals surface area contributed by atoms with Crippen LogP contribution in [0.25, 0.3) is 10.9 Å². The zero-order valence-corrected chi connectivity index (χ0v) is 14.7. The summed E-state index contributed by atoms with van der Waals surface area (Å²) in [6.45, 7) is 14.5. The highest BCUT2D eigenvalue weighted by atomic mass is 16.1. The predicted molar refractivity (Wildman–Crippen MR) is 96.2 cm³/mol. The van der Waals surface area contributed by atoms with Crippen molar-refractivity contribution in [3.05, 3.63) is 44.7 Å². The smallest absolute Gasteiger partial charge is 0.194 e. The van der Waals surface area contributed by atoms with E-state index >= 15 is 0 Å². The standard InChI is InChI=1S/C19H27N3O/c1-5-21-6-8-22(9-7-21)12-16-15(4)20-17-11-13(2)10-14(3)18(17)19(16)23/h10-11H,5-9,12H2,1-4H3,(H,20,23). The maximum absolute atomic E-state index is 13.0. The molecule has 23 heavy (non-hydrogen) atoms. The third kappa shape index (κ3) is 3.19. The molecule has 4 nitrogen and oxygen atoms in total. The Balaban J connectivity index is 1.94. The average Bonchev–Trinajstić information content (AvgIpc) is 2.51. The number of rotatable bonds is 3. The largest absolute Gasteiger partial charge is 0.358 e. The second-order valence-electron chi connectivity index (χ2n) is 6.77. The lowest BCUT2D eigenvalue weighted by atomic mass is 10.0. The molecule has 1 aromatic heterocycles. The van der Waals surface area contributed by atoms with Gasteiger partial charge in [0.05, 0.1) is 5.52 Å². The number of hydrogen-bond acceptors (Lipinski definition) is 3. The number of nitrogens with one attached hydrogen (secondary N) is 1. The summed E-state index contributed by atoms with van der Waals surface area (Å²) in [5.74, 6) is 0. The van der Waals surface area contributed by atoms with E-state index < -0.39 is 0 Å². The van der Waals surface area contributed by atoms with Crippen molar-refractivity contribution in [3.63, 3.8) is 0 Å². The minimum absolute atomic E-state index is 0.201. The Hall–Kier alpha value is -1.65. The van der Waals surface area contributed by atoms with Gasteiger partial charge in [0, 0.05) is 49.4 Å². The topological polar surface area (TPSA) is 39.3 Å². The Kier molecular flexibility index (Phi) is 4.55. The van der Waals surface area contributed by atoms with Crippen molar-refractivity contribution in [1.29, 1.82) is 0 Å². The quantitative estimate of drug-likeness (QED) is 0.947. The number of H-pyrrole nitrogens is 1. The molecule has 0 radical (unpaired) electrons. The molecular weight excluding hydrogens is 286 g/mol. The van der Waals surface area contributed by atoms with E-state index in [4.69, 9.17) is 0 Å². The molecule has 124 valence electrons. The van der Waals surface area contributed by atoms with E-state index in [0.717, 1.165) is 67.0 Å². The van der Waals surface area contributed by atoms with Gasteiger partial charge in [0.15, 0.2) is 5.43 Å².